The highest BCUT2D eigenvalue weighted by atomic mass is 127. The number of hydrogen-bond donors (Lipinski definition) is 0. The van der Waals surface area contributed by atoms with Crippen LogP contribution in [-0.4, -0.2) is 9.78 Å². The second kappa shape index (κ2) is 3.67. The summed E-state index contributed by atoms with van der Waals surface area (Å²) in [5.41, 5.74) is 0.982. The number of hydrogen-bond acceptors (Lipinski definition) is 1. The maximum atomic E-state index is 5.86. The first-order chi connectivity index (χ1) is 6.25. The fourth-order valence-electron chi connectivity index (χ4n) is 1.06. The molecule has 1 aromatic carbocycles. The molecule has 1 aromatic heterocycles. The number of benzene rings is 1. The van der Waals surface area contributed by atoms with Gasteiger partial charge in [0.25, 0.3) is 0 Å². The van der Waals surface area contributed by atoms with E-state index >= 15 is 0 Å². The van der Waals surface area contributed by atoms with Gasteiger partial charge in [0.15, 0.2) is 0 Å². The highest BCUT2D eigenvalue weighted by Gasteiger charge is 1.98. The SMILES string of the molecule is Clc1cccc(-n2cc(I)cn2)c1. The molecule has 0 atom stereocenters. The van der Waals surface area contributed by atoms with Crippen LogP contribution in [0.2, 0.25) is 5.02 Å². The summed E-state index contributed by atoms with van der Waals surface area (Å²) in [4.78, 5) is 0. The fourth-order valence-corrected chi connectivity index (χ4v) is 1.63. The van der Waals surface area contributed by atoms with Crippen LogP contribution < -0.4 is 0 Å². The van der Waals surface area contributed by atoms with Crippen molar-refractivity contribution in [3.63, 3.8) is 0 Å². The molecule has 0 saturated heterocycles. The first-order valence-corrected chi connectivity index (χ1v) is 5.17. The first-order valence-electron chi connectivity index (χ1n) is 3.72. The van der Waals surface area contributed by atoms with Gasteiger partial charge in [-0.25, -0.2) is 4.68 Å². The Kier molecular flexibility index (Phi) is 2.55. The minimum absolute atomic E-state index is 0.725. The molecular weight excluding hydrogens is 298 g/mol. The van der Waals surface area contributed by atoms with Crippen molar-refractivity contribution < 1.29 is 0 Å². The van der Waals surface area contributed by atoms with E-state index in [-0.39, 0.29) is 0 Å². The molecule has 0 bridgehead atoms. The van der Waals surface area contributed by atoms with E-state index in [0.717, 1.165) is 14.3 Å². The highest BCUT2D eigenvalue weighted by Crippen LogP contribution is 2.14. The Morgan fingerprint density at radius 1 is 1.38 bits per heavy atom. The number of rotatable bonds is 1. The van der Waals surface area contributed by atoms with Crippen molar-refractivity contribution in [2.24, 2.45) is 0 Å². The van der Waals surface area contributed by atoms with Crippen molar-refractivity contribution in [1.29, 1.82) is 0 Å². The largest absolute Gasteiger partial charge is 0.240 e. The predicted molar refractivity (Wildman–Crippen MR) is 61.3 cm³/mol. The molecule has 4 heteroatoms. The Hall–Kier alpha value is -0.550. The topological polar surface area (TPSA) is 17.8 Å². The van der Waals surface area contributed by atoms with Gasteiger partial charge in [-0.05, 0) is 40.8 Å². The second-order valence-electron chi connectivity index (χ2n) is 2.58. The lowest BCUT2D eigenvalue weighted by atomic mass is 10.3. The average Bonchev–Trinajstić information content (AvgIpc) is 2.52. The van der Waals surface area contributed by atoms with Crippen molar-refractivity contribution in [2.75, 3.05) is 0 Å². The maximum absolute atomic E-state index is 5.86. The van der Waals surface area contributed by atoms with Gasteiger partial charge in [0.05, 0.1) is 15.5 Å². The molecular formula is C9H6ClIN2. The molecule has 0 unspecified atom stereocenters. The molecule has 0 amide bonds. The van der Waals surface area contributed by atoms with E-state index in [4.69, 9.17) is 11.6 Å². The van der Waals surface area contributed by atoms with Crippen LogP contribution in [0.4, 0.5) is 0 Å². The molecule has 0 N–H and O–H groups in total. The smallest absolute Gasteiger partial charge is 0.0660 e. The van der Waals surface area contributed by atoms with E-state index in [9.17, 15) is 0 Å². The first kappa shape index (κ1) is 9.02. The monoisotopic (exact) mass is 304 g/mol. The highest BCUT2D eigenvalue weighted by molar-refractivity contribution is 14.1. The molecule has 13 heavy (non-hydrogen) atoms. The summed E-state index contributed by atoms with van der Waals surface area (Å²) >= 11 is 8.08. The molecule has 2 aromatic rings. The third-order valence-corrected chi connectivity index (χ3v) is 2.42. The van der Waals surface area contributed by atoms with Gasteiger partial charge >= 0.3 is 0 Å². The van der Waals surface area contributed by atoms with Crippen molar-refractivity contribution in [2.45, 2.75) is 0 Å². The summed E-state index contributed by atoms with van der Waals surface area (Å²) in [5, 5.41) is 4.90. The Bertz CT molecular complexity index is 425. The van der Waals surface area contributed by atoms with Crippen LogP contribution in [0.3, 0.4) is 0 Å². The zero-order valence-corrected chi connectivity index (χ0v) is 9.53. The molecule has 0 saturated carbocycles. The Morgan fingerprint density at radius 3 is 2.85 bits per heavy atom. The zero-order valence-electron chi connectivity index (χ0n) is 6.61. The quantitative estimate of drug-likeness (QED) is 0.740. The number of aromatic nitrogens is 2. The van der Waals surface area contributed by atoms with Crippen molar-refractivity contribution in [3.05, 3.63) is 45.3 Å². The summed E-state index contributed by atoms with van der Waals surface area (Å²) in [7, 11) is 0. The molecule has 0 fully saturated rings. The van der Waals surface area contributed by atoms with Crippen LogP contribution in [0.1, 0.15) is 0 Å². The lowest BCUT2D eigenvalue weighted by Crippen LogP contribution is -1.92. The molecule has 0 radical (unpaired) electrons. The Labute approximate surface area is 94.7 Å². The van der Waals surface area contributed by atoms with E-state index in [1.807, 2.05) is 36.7 Å². The van der Waals surface area contributed by atoms with Crippen molar-refractivity contribution >= 4 is 34.2 Å². The van der Waals surface area contributed by atoms with Crippen LogP contribution in [0.25, 0.3) is 5.69 Å². The van der Waals surface area contributed by atoms with Crippen molar-refractivity contribution in [1.82, 2.24) is 9.78 Å². The summed E-state index contributed by atoms with van der Waals surface area (Å²) in [6.07, 6.45) is 3.76. The Morgan fingerprint density at radius 2 is 2.23 bits per heavy atom. The second-order valence-corrected chi connectivity index (χ2v) is 4.27. The number of nitrogens with zero attached hydrogens (tertiary/aromatic N) is 2. The normalized spacial score (nSPS) is 10.3. The molecule has 0 spiro atoms. The minimum atomic E-state index is 0.725. The minimum Gasteiger partial charge on any atom is -0.240 e. The molecule has 0 aliphatic carbocycles. The van der Waals surface area contributed by atoms with E-state index in [0.29, 0.717) is 0 Å². The van der Waals surface area contributed by atoms with Crippen LogP contribution >= 0.6 is 34.2 Å². The van der Waals surface area contributed by atoms with Crippen LogP contribution in [0, 0.1) is 3.57 Å². The Balaban J connectivity index is 2.46. The maximum Gasteiger partial charge on any atom is 0.0660 e. The number of halogens is 2. The van der Waals surface area contributed by atoms with Crippen LogP contribution in [0.15, 0.2) is 36.7 Å². The predicted octanol–water partition coefficient (Wildman–Crippen LogP) is 3.13. The van der Waals surface area contributed by atoms with Gasteiger partial charge in [0.2, 0.25) is 0 Å². The molecule has 66 valence electrons. The van der Waals surface area contributed by atoms with E-state index in [2.05, 4.69) is 27.7 Å². The van der Waals surface area contributed by atoms with Gasteiger partial charge in [-0.2, -0.15) is 5.10 Å². The lowest BCUT2D eigenvalue weighted by molar-refractivity contribution is 0.880. The lowest BCUT2D eigenvalue weighted by Gasteiger charge is -1.99. The van der Waals surface area contributed by atoms with Gasteiger partial charge in [-0.1, -0.05) is 17.7 Å². The van der Waals surface area contributed by atoms with Crippen LogP contribution in [-0.2, 0) is 0 Å². The molecule has 1 heterocycles. The molecule has 0 aliphatic heterocycles. The van der Waals surface area contributed by atoms with Gasteiger partial charge in [-0.15, -0.1) is 0 Å². The van der Waals surface area contributed by atoms with Crippen LogP contribution in [0.5, 0.6) is 0 Å². The summed E-state index contributed by atoms with van der Waals surface area (Å²) in [5.74, 6) is 0. The molecule has 2 nitrogen and oxygen atoms in total. The summed E-state index contributed by atoms with van der Waals surface area (Å²) in [6.45, 7) is 0. The van der Waals surface area contributed by atoms with E-state index < -0.39 is 0 Å². The van der Waals surface area contributed by atoms with Crippen molar-refractivity contribution in [3.8, 4) is 5.69 Å². The van der Waals surface area contributed by atoms with E-state index in [1.165, 1.54) is 0 Å². The fraction of sp³-hybridized carbons (Fsp3) is 0. The van der Waals surface area contributed by atoms with E-state index in [1.54, 1.807) is 4.68 Å². The molecule has 0 aliphatic rings. The van der Waals surface area contributed by atoms with Gasteiger partial charge in [0, 0.05) is 11.2 Å². The zero-order chi connectivity index (χ0) is 9.26. The third kappa shape index (κ3) is 2.03. The van der Waals surface area contributed by atoms with Gasteiger partial charge < -0.3 is 0 Å². The average molecular weight is 305 g/mol. The summed E-state index contributed by atoms with van der Waals surface area (Å²) < 4.78 is 2.91. The standard InChI is InChI=1S/C9H6ClIN2/c10-7-2-1-3-9(4-7)13-6-8(11)5-12-13/h1-6H. The van der Waals surface area contributed by atoms with Gasteiger partial charge in [-0.3, -0.25) is 0 Å². The van der Waals surface area contributed by atoms with Gasteiger partial charge in [0.1, 0.15) is 0 Å². The summed E-state index contributed by atoms with van der Waals surface area (Å²) in [6, 6.07) is 7.60. The molecule has 2 rings (SSSR count). The third-order valence-electron chi connectivity index (χ3n) is 1.62.